The number of esters is 1. The highest BCUT2D eigenvalue weighted by Crippen LogP contribution is 2.15. The summed E-state index contributed by atoms with van der Waals surface area (Å²) in [4.78, 5) is 50.2. The predicted octanol–water partition coefficient (Wildman–Crippen LogP) is 2.67. The van der Waals surface area contributed by atoms with Crippen molar-refractivity contribution in [2.45, 2.75) is 20.0 Å². The molecule has 29 heavy (non-hydrogen) atoms. The maximum absolute atomic E-state index is 12.3. The predicted molar refractivity (Wildman–Crippen MR) is 109 cm³/mol. The molecule has 0 saturated heterocycles. The summed E-state index contributed by atoms with van der Waals surface area (Å²) in [5.74, 6) is -1.54. The highest BCUT2D eigenvalue weighted by Gasteiger charge is 2.20. The lowest BCUT2D eigenvalue weighted by molar-refractivity contribution is -0.123. The Balaban J connectivity index is 1.65. The van der Waals surface area contributed by atoms with Crippen LogP contribution in [0, 0.1) is 0 Å². The maximum atomic E-state index is 12.3. The molecule has 0 aliphatic heterocycles. The zero-order valence-electron chi connectivity index (χ0n) is 15.8. The third-order valence-corrected chi connectivity index (χ3v) is 4.10. The standard InChI is InChI=1S/C21H19N3O5/c1-12(19(26)23-16-9-7-15(8-10-16)22-13(2)25)29-21(28)18-11-14-5-3-4-6-17(14)20(27)24-18/h3-12H,1-2H3,(H,22,25)(H,23,26)(H,24,27)/t12-/m0/s1. The number of hydrogen-bond donors (Lipinski definition) is 3. The quantitative estimate of drug-likeness (QED) is 0.576. The van der Waals surface area contributed by atoms with Gasteiger partial charge in [0.2, 0.25) is 5.91 Å². The lowest BCUT2D eigenvalue weighted by Gasteiger charge is -2.14. The summed E-state index contributed by atoms with van der Waals surface area (Å²) in [6.07, 6.45) is -1.09. The minimum Gasteiger partial charge on any atom is -0.448 e. The number of amides is 2. The molecule has 0 spiro atoms. The minimum atomic E-state index is -1.09. The molecule has 0 fully saturated rings. The summed E-state index contributed by atoms with van der Waals surface area (Å²) in [5, 5.41) is 6.29. The van der Waals surface area contributed by atoms with Crippen molar-refractivity contribution in [3.8, 4) is 0 Å². The number of carbonyl (C=O) groups is 3. The van der Waals surface area contributed by atoms with Gasteiger partial charge in [0.15, 0.2) is 6.10 Å². The van der Waals surface area contributed by atoms with Crippen LogP contribution in [0.3, 0.4) is 0 Å². The molecule has 148 valence electrons. The SMILES string of the molecule is CC(=O)Nc1ccc(NC(=O)[C@H](C)OC(=O)c2cc3ccccc3c(=O)[nH]2)cc1. The molecule has 1 atom stereocenters. The number of rotatable bonds is 5. The van der Waals surface area contributed by atoms with E-state index in [-0.39, 0.29) is 11.6 Å². The summed E-state index contributed by atoms with van der Waals surface area (Å²) in [7, 11) is 0. The number of aromatic nitrogens is 1. The van der Waals surface area contributed by atoms with Gasteiger partial charge in [0.05, 0.1) is 0 Å². The van der Waals surface area contributed by atoms with Crippen molar-refractivity contribution in [2.75, 3.05) is 10.6 Å². The van der Waals surface area contributed by atoms with E-state index in [4.69, 9.17) is 4.74 Å². The molecule has 8 heteroatoms. The molecule has 0 aliphatic carbocycles. The second kappa shape index (κ2) is 8.39. The van der Waals surface area contributed by atoms with Crippen molar-refractivity contribution in [2.24, 2.45) is 0 Å². The van der Waals surface area contributed by atoms with Gasteiger partial charge in [0, 0.05) is 23.7 Å². The molecule has 2 aromatic carbocycles. The number of aromatic amines is 1. The van der Waals surface area contributed by atoms with E-state index in [1.165, 1.54) is 19.9 Å². The number of carbonyl (C=O) groups excluding carboxylic acids is 3. The first-order valence-corrected chi connectivity index (χ1v) is 8.85. The van der Waals surface area contributed by atoms with Crippen molar-refractivity contribution in [3.05, 3.63) is 70.6 Å². The molecule has 2 amide bonds. The van der Waals surface area contributed by atoms with Crippen LogP contribution in [-0.2, 0) is 14.3 Å². The van der Waals surface area contributed by atoms with Crippen molar-refractivity contribution < 1.29 is 19.1 Å². The Morgan fingerprint density at radius 2 is 1.59 bits per heavy atom. The summed E-state index contributed by atoms with van der Waals surface area (Å²) < 4.78 is 5.17. The largest absolute Gasteiger partial charge is 0.448 e. The van der Waals surface area contributed by atoms with Crippen molar-refractivity contribution in [1.82, 2.24) is 4.98 Å². The highest BCUT2D eigenvalue weighted by molar-refractivity contribution is 5.98. The number of benzene rings is 2. The smallest absolute Gasteiger partial charge is 0.355 e. The molecule has 3 rings (SSSR count). The maximum Gasteiger partial charge on any atom is 0.355 e. The molecule has 1 aromatic heterocycles. The second-order valence-electron chi connectivity index (χ2n) is 6.39. The Morgan fingerprint density at radius 1 is 0.966 bits per heavy atom. The first-order chi connectivity index (χ1) is 13.8. The van der Waals surface area contributed by atoms with Crippen molar-refractivity contribution in [3.63, 3.8) is 0 Å². The van der Waals surface area contributed by atoms with Gasteiger partial charge in [0.1, 0.15) is 5.69 Å². The first-order valence-electron chi connectivity index (χ1n) is 8.85. The van der Waals surface area contributed by atoms with Crippen LogP contribution in [0.15, 0.2) is 59.4 Å². The van der Waals surface area contributed by atoms with E-state index in [1.54, 1.807) is 48.5 Å². The first kappa shape index (κ1) is 19.8. The fraction of sp³-hybridized carbons (Fsp3) is 0.143. The van der Waals surface area contributed by atoms with Gasteiger partial charge in [0.25, 0.3) is 11.5 Å². The van der Waals surface area contributed by atoms with Gasteiger partial charge >= 0.3 is 5.97 Å². The third kappa shape index (κ3) is 4.86. The Kier molecular flexibility index (Phi) is 5.73. The van der Waals surface area contributed by atoms with Gasteiger partial charge in [-0.25, -0.2) is 4.79 Å². The molecule has 3 N–H and O–H groups in total. The molecule has 1 heterocycles. The van der Waals surface area contributed by atoms with Crippen LogP contribution in [0.4, 0.5) is 11.4 Å². The Hall–Kier alpha value is -3.94. The van der Waals surface area contributed by atoms with Crippen molar-refractivity contribution >= 4 is 39.9 Å². The number of fused-ring (bicyclic) bond motifs is 1. The number of ether oxygens (including phenoxy) is 1. The van der Waals surface area contributed by atoms with E-state index in [0.29, 0.717) is 22.1 Å². The fourth-order valence-corrected chi connectivity index (χ4v) is 2.68. The lowest BCUT2D eigenvalue weighted by atomic mass is 10.1. The lowest BCUT2D eigenvalue weighted by Crippen LogP contribution is -2.30. The molecule has 0 saturated carbocycles. The van der Waals surface area contributed by atoms with Gasteiger partial charge in [-0.3, -0.25) is 14.4 Å². The van der Waals surface area contributed by atoms with E-state index in [1.807, 2.05) is 0 Å². The third-order valence-electron chi connectivity index (χ3n) is 4.10. The number of H-pyrrole nitrogens is 1. The van der Waals surface area contributed by atoms with Crippen molar-refractivity contribution in [1.29, 1.82) is 0 Å². The number of pyridine rings is 1. The summed E-state index contributed by atoms with van der Waals surface area (Å²) >= 11 is 0. The van der Waals surface area contributed by atoms with Crippen LogP contribution in [-0.4, -0.2) is 28.9 Å². The Morgan fingerprint density at radius 3 is 2.24 bits per heavy atom. The van der Waals surface area contributed by atoms with E-state index in [9.17, 15) is 19.2 Å². The van der Waals surface area contributed by atoms with Crippen LogP contribution >= 0.6 is 0 Å². The van der Waals surface area contributed by atoms with E-state index in [2.05, 4.69) is 15.6 Å². The molecule has 0 bridgehead atoms. The fourth-order valence-electron chi connectivity index (χ4n) is 2.68. The van der Waals surface area contributed by atoms with E-state index in [0.717, 1.165) is 0 Å². The zero-order chi connectivity index (χ0) is 21.0. The average molecular weight is 393 g/mol. The van der Waals surface area contributed by atoms with Crippen LogP contribution in [0.25, 0.3) is 10.8 Å². The molecule has 0 radical (unpaired) electrons. The second-order valence-corrected chi connectivity index (χ2v) is 6.39. The molecule has 3 aromatic rings. The van der Waals surface area contributed by atoms with Gasteiger partial charge < -0.3 is 20.4 Å². The topological polar surface area (TPSA) is 117 Å². The Bertz CT molecular complexity index is 1140. The number of nitrogens with one attached hydrogen (secondary N) is 3. The molecule has 8 nitrogen and oxygen atoms in total. The summed E-state index contributed by atoms with van der Waals surface area (Å²) in [5.41, 5.74) is 0.626. The van der Waals surface area contributed by atoms with E-state index >= 15 is 0 Å². The monoisotopic (exact) mass is 393 g/mol. The van der Waals surface area contributed by atoms with Gasteiger partial charge in [-0.2, -0.15) is 0 Å². The van der Waals surface area contributed by atoms with Crippen LogP contribution in [0.2, 0.25) is 0 Å². The highest BCUT2D eigenvalue weighted by atomic mass is 16.5. The summed E-state index contributed by atoms with van der Waals surface area (Å²) in [6, 6.07) is 14.8. The van der Waals surface area contributed by atoms with Gasteiger partial charge in [-0.15, -0.1) is 0 Å². The Labute approximate surface area is 165 Å². The van der Waals surface area contributed by atoms with E-state index < -0.39 is 23.5 Å². The normalized spacial score (nSPS) is 11.5. The molecular formula is C21H19N3O5. The number of hydrogen-bond acceptors (Lipinski definition) is 5. The van der Waals surface area contributed by atoms with Gasteiger partial charge in [-0.1, -0.05) is 18.2 Å². The zero-order valence-corrected chi connectivity index (χ0v) is 15.8. The van der Waals surface area contributed by atoms with Crippen LogP contribution in [0.1, 0.15) is 24.3 Å². The van der Waals surface area contributed by atoms with Crippen LogP contribution < -0.4 is 16.2 Å². The average Bonchev–Trinajstić information content (AvgIpc) is 2.69. The van der Waals surface area contributed by atoms with Crippen LogP contribution in [0.5, 0.6) is 0 Å². The minimum absolute atomic E-state index is 0.0342. The van der Waals surface area contributed by atoms with Gasteiger partial charge in [-0.05, 0) is 48.7 Å². The number of anilines is 2. The molecule has 0 unspecified atom stereocenters. The molecular weight excluding hydrogens is 374 g/mol. The summed E-state index contributed by atoms with van der Waals surface area (Å²) in [6.45, 7) is 2.83. The molecule has 0 aliphatic rings.